The number of methoxy groups -OCH3 is 1. The van der Waals surface area contributed by atoms with Gasteiger partial charge in [0.2, 0.25) is 0 Å². The first-order valence-corrected chi connectivity index (χ1v) is 5.88. The Bertz CT molecular complexity index is 316. The molecule has 1 unspecified atom stereocenters. The molecule has 2 rings (SSSR count). The number of alkyl halides is 1. The van der Waals surface area contributed by atoms with Gasteiger partial charge in [0.25, 0.3) is 0 Å². The lowest BCUT2D eigenvalue weighted by Crippen LogP contribution is -2.02. The standard InChI is InChI=1S/C11H14BrNO/c1-14-11-4-2-3-9(5-11)7-13-8-10(13)6-12/h2-5,10H,6-8H2,1H3/t10-,13?/m0/s1. The zero-order valence-electron chi connectivity index (χ0n) is 8.24. The molecule has 0 amide bonds. The monoisotopic (exact) mass is 255 g/mol. The maximum Gasteiger partial charge on any atom is 0.119 e. The third-order valence-electron chi connectivity index (χ3n) is 2.53. The third kappa shape index (κ3) is 2.28. The Morgan fingerprint density at radius 3 is 3.07 bits per heavy atom. The number of benzene rings is 1. The van der Waals surface area contributed by atoms with Crippen molar-refractivity contribution in [3.05, 3.63) is 29.8 Å². The number of rotatable bonds is 4. The lowest BCUT2D eigenvalue weighted by atomic mass is 10.2. The predicted octanol–water partition coefficient (Wildman–Crippen LogP) is 2.27. The van der Waals surface area contributed by atoms with E-state index in [1.165, 1.54) is 12.1 Å². The predicted molar refractivity (Wildman–Crippen MR) is 61.0 cm³/mol. The molecule has 1 aromatic carbocycles. The fourth-order valence-corrected chi connectivity index (χ4v) is 2.18. The molecule has 0 bridgehead atoms. The molecule has 0 spiro atoms. The van der Waals surface area contributed by atoms with Crippen molar-refractivity contribution in [2.45, 2.75) is 12.6 Å². The van der Waals surface area contributed by atoms with Crippen LogP contribution in [0.2, 0.25) is 0 Å². The van der Waals surface area contributed by atoms with Crippen LogP contribution in [0.15, 0.2) is 24.3 Å². The van der Waals surface area contributed by atoms with E-state index in [0.717, 1.165) is 23.7 Å². The largest absolute Gasteiger partial charge is 0.497 e. The van der Waals surface area contributed by atoms with Crippen molar-refractivity contribution in [1.29, 1.82) is 0 Å². The summed E-state index contributed by atoms with van der Waals surface area (Å²) in [6, 6.07) is 9.01. The topological polar surface area (TPSA) is 12.2 Å². The SMILES string of the molecule is COc1cccc(CN2C[C@@H]2CBr)c1. The molecule has 1 fully saturated rings. The second-order valence-corrected chi connectivity index (χ2v) is 4.24. The Kier molecular flexibility index (Phi) is 3.08. The van der Waals surface area contributed by atoms with Gasteiger partial charge in [-0.1, -0.05) is 28.1 Å². The van der Waals surface area contributed by atoms with Crippen molar-refractivity contribution >= 4 is 15.9 Å². The van der Waals surface area contributed by atoms with Gasteiger partial charge >= 0.3 is 0 Å². The van der Waals surface area contributed by atoms with Crippen LogP contribution in [0.5, 0.6) is 5.75 Å². The van der Waals surface area contributed by atoms with Gasteiger partial charge in [-0.25, -0.2) is 0 Å². The average Bonchev–Trinajstić information content (AvgIpc) is 2.97. The summed E-state index contributed by atoms with van der Waals surface area (Å²) in [6.07, 6.45) is 0. The molecule has 1 aliphatic rings. The van der Waals surface area contributed by atoms with Crippen molar-refractivity contribution in [3.8, 4) is 5.75 Å². The Balaban J connectivity index is 1.96. The highest BCUT2D eigenvalue weighted by molar-refractivity contribution is 9.09. The van der Waals surface area contributed by atoms with Gasteiger partial charge in [-0.2, -0.15) is 0 Å². The summed E-state index contributed by atoms with van der Waals surface area (Å²) >= 11 is 3.49. The van der Waals surface area contributed by atoms with Crippen LogP contribution in [0.3, 0.4) is 0 Å². The molecular weight excluding hydrogens is 242 g/mol. The molecule has 2 atom stereocenters. The van der Waals surface area contributed by atoms with Crippen LogP contribution in [0.25, 0.3) is 0 Å². The maximum absolute atomic E-state index is 5.18. The summed E-state index contributed by atoms with van der Waals surface area (Å²) in [4.78, 5) is 2.43. The van der Waals surface area contributed by atoms with Crippen LogP contribution in [0, 0.1) is 0 Å². The Hall–Kier alpha value is -0.540. The first kappa shape index (κ1) is 9.99. The van der Waals surface area contributed by atoms with Crippen molar-refractivity contribution in [3.63, 3.8) is 0 Å². The van der Waals surface area contributed by atoms with Crippen LogP contribution in [-0.2, 0) is 6.54 Å². The minimum Gasteiger partial charge on any atom is -0.497 e. The van der Waals surface area contributed by atoms with E-state index in [9.17, 15) is 0 Å². The van der Waals surface area contributed by atoms with E-state index in [1.54, 1.807) is 7.11 Å². The molecule has 0 N–H and O–H groups in total. The van der Waals surface area contributed by atoms with E-state index in [2.05, 4.69) is 33.0 Å². The van der Waals surface area contributed by atoms with Crippen molar-refractivity contribution in [1.82, 2.24) is 4.90 Å². The summed E-state index contributed by atoms with van der Waals surface area (Å²) in [6.45, 7) is 2.25. The van der Waals surface area contributed by atoms with E-state index in [0.29, 0.717) is 0 Å². The zero-order valence-corrected chi connectivity index (χ0v) is 9.83. The Morgan fingerprint density at radius 2 is 2.43 bits per heavy atom. The Morgan fingerprint density at radius 1 is 1.57 bits per heavy atom. The minimum absolute atomic E-state index is 0.737. The number of hydrogen-bond donors (Lipinski definition) is 0. The van der Waals surface area contributed by atoms with Gasteiger partial charge in [-0.15, -0.1) is 0 Å². The highest BCUT2D eigenvalue weighted by atomic mass is 79.9. The summed E-state index contributed by atoms with van der Waals surface area (Å²) in [7, 11) is 1.71. The molecule has 3 heteroatoms. The molecule has 0 saturated carbocycles. The quantitative estimate of drug-likeness (QED) is 0.605. The van der Waals surface area contributed by atoms with Gasteiger partial charge in [0.1, 0.15) is 5.75 Å². The lowest BCUT2D eigenvalue weighted by molar-refractivity contribution is 0.413. The first-order chi connectivity index (χ1) is 6.83. The van der Waals surface area contributed by atoms with E-state index < -0.39 is 0 Å². The van der Waals surface area contributed by atoms with Crippen LogP contribution in [0.4, 0.5) is 0 Å². The van der Waals surface area contributed by atoms with Gasteiger partial charge in [-0.3, -0.25) is 4.90 Å². The van der Waals surface area contributed by atoms with E-state index >= 15 is 0 Å². The highest BCUT2D eigenvalue weighted by Crippen LogP contribution is 2.23. The minimum atomic E-state index is 0.737. The fraction of sp³-hybridized carbons (Fsp3) is 0.455. The van der Waals surface area contributed by atoms with Crippen molar-refractivity contribution in [2.24, 2.45) is 0 Å². The molecule has 0 aliphatic carbocycles. The first-order valence-electron chi connectivity index (χ1n) is 4.76. The van der Waals surface area contributed by atoms with Gasteiger partial charge in [0.05, 0.1) is 7.11 Å². The van der Waals surface area contributed by atoms with Crippen LogP contribution in [-0.4, -0.2) is 29.9 Å². The second kappa shape index (κ2) is 4.32. The van der Waals surface area contributed by atoms with Gasteiger partial charge in [-0.05, 0) is 17.7 Å². The summed E-state index contributed by atoms with van der Waals surface area (Å²) in [5.41, 5.74) is 1.33. The summed E-state index contributed by atoms with van der Waals surface area (Å²) < 4.78 is 5.18. The van der Waals surface area contributed by atoms with Crippen LogP contribution >= 0.6 is 15.9 Å². The number of nitrogens with zero attached hydrogens (tertiary/aromatic N) is 1. The average molecular weight is 256 g/mol. The molecule has 1 aromatic rings. The molecule has 76 valence electrons. The second-order valence-electron chi connectivity index (χ2n) is 3.59. The van der Waals surface area contributed by atoms with E-state index in [4.69, 9.17) is 4.74 Å². The third-order valence-corrected chi connectivity index (χ3v) is 3.27. The normalized spacial score (nSPS) is 24.7. The lowest BCUT2D eigenvalue weighted by Gasteiger charge is -2.05. The molecular formula is C11H14BrNO. The highest BCUT2D eigenvalue weighted by Gasteiger charge is 2.32. The number of ether oxygens (including phenoxy) is 1. The maximum atomic E-state index is 5.18. The molecule has 1 heterocycles. The van der Waals surface area contributed by atoms with Gasteiger partial charge in [0, 0.05) is 24.5 Å². The van der Waals surface area contributed by atoms with E-state index in [1.807, 2.05) is 12.1 Å². The summed E-state index contributed by atoms with van der Waals surface area (Å²) in [5.74, 6) is 0.944. The number of halogens is 1. The zero-order chi connectivity index (χ0) is 9.97. The smallest absolute Gasteiger partial charge is 0.119 e. The fourth-order valence-electron chi connectivity index (χ4n) is 1.57. The van der Waals surface area contributed by atoms with Gasteiger partial charge in [0.15, 0.2) is 0 Å². The van der Waals surface area contributed by atoms with Crippen molar-refractivity contribution < 1.29 is 4.74 Å². The van der Waals surface area contributed by atoms with Gasteiger partial charge < -0.3 is 4.74 Å². The summed E-state index contributed by atoms with van der Waals surface area (Å²) in [5, 5.41) is 1.08. The van der Waals surface area contributed by atoms with Crippen LogP contribution < -0.4 is 4.74 Å². The number of hydrogen-bond acceptors (Lipinski definition) is 2. The molecule has 0 radical (unpaired) electrons. The van der Waals surface area contributed by atoms with Crippen LogP contribution in [0.1, 0.15) is 5.56 Å². The molecule has 1 aliphatic heterocycles. The molecule has 2 nitrogen and oxygen atoms in total. The molecule has 1 saturated heterocycles. The van der Waals surface area contributed by atoms with Crippen molar-refractivity contribution in [2.75, 3.05) is 19.0 Å². The van der Waals surface area contributed by atoms with E-state index in [-0.39, 0.29) is 0 Å². The molecule has 0 aromatic heterocycles. The Labute approximate surface area is 93.0 Å². The molecule has 14 heavy (non-hydrogen) atoms.